The lowest BCUT2D eigenvalue weighted by Gasteiger charge is -2.21. The third kappa shape index (κ3) is 8.72. The molecule has 0 amide bonds. The molecule has 3 aromatic rings. The molecule has 0 aromatic carbocycles. The fraction of sp³-hybridized carbons (Fsp3) is 0.654. The van der Waals surface area contributed by atoms with Crippen molar-refractivity contribution in [2.45, 2.75) is 77.4 Å². The van der Waals surface area contributed by atoms with Gasteiger partial charge in [0, 0.05) is 33.0 Å². The van der Waals surface area contributed by atoms with Gasteiger partial charge in [-0.25, -0.2) is 19.7 Å². The van der Waals surface area contributed by atoms with E-state index in [2.05, 4.69) is 45.6 Å². The SMILES string of the molecule is CCN(CC)CC.Cc1cn([C@H]2C[C@H](O)[C@@H](COP(O)O[C@H]3C[C@H](n4cnc5c(N)ncnc54)O[C@@H]3CO)O2)c(=O)[nH]c1=O.[B]. The first-order chi connectivity index (χ1) is 21.1. The fourth-order valence-electron chi connectivity index (χ4n) is 5.02. The van der Waals surface area contributed by atoms with Gasteiger partial charge in [0.1, 0.15) is 36.5 Å². The molecule has 5 rings (SSSR count). The first-order valence-corrected chi connectivity index (χ1v) is 15.6. The highest BCUT2D eigenvalue weighted by atomic mass is 31.2. The number of rotatable bonds is 11. The summed E-state index contributed by atoms with van der Waals surface area (Å²) in [5.74, 6) is 0.222. The number of nitrogen functional groups attached to an aromatic ring is 1. The highest BCUT2D eigenvalue weighted by Crippen LogP contribution is 2.43. The van der Waals surface area contributed by atoms with Crippen LogP contribution in [0.3, 0.4) is 0 Å². The first-order valence-electron chi connectivity index (χ1n) is 14.5. The number of anilines is 1. The second-order valence-electron chi connectivity index (χ2n) is 10.3. The zero-order valence-electron chi connectivity index (χ0n) is 25.7. The second kappa shape index (κ2) is 16.7. The molecule has 3 radical (unpaired) electrons. The van der Waals surface area contributed by atoms with Gasteiger partial charge in [0.2, 0.25) is 0 Å². The smallest absolute Gasteiger partial charge is 0.330 e. The topological polar surface area (TPSA) is 225 Å². The van der Waals surface area contributed by atoms with E-state index in [-0.39, 0.29) is 40.3 Å². The maximum absolute atomic E-state index is 12.1. The van der Waals surface area contributed by atoms with Gasteiger partial charge in [-0.05, 0) is 26.6 Å². The minimum Gasteiger partial charge on any atom is -0.394 e. The first kappa shape index (κ1) is 36.7. The molecule has 6 N–H and O–H groups in total. The van der Waals surface area contributed by atoms with Crippen molar-refractivity contribution in [3.05, 3.63) is 45.3 Å². The molecule has 0 saturated carbocycles. The van der Waals surface area contributed by atoms with Crippen molar-refractivity contribution in [3.63, 3.8) is 0 Å². The van der Waals surface area contributed by atoms with Gasteiger partial charge in [-0.15, -0.1) is 0 Å². The number of hydrogen-bond acceptors (Lipinski definition) is 14. The third-order valence-electron chi connectivity index (χ3n) is 7.63. The van der Waals surface area contributed by atoms with E-state index in [9.17, 15) is 24.7 Å². The van der Waals surface area contributed by atoms with Crippen molar-refractivity contribution in [1.82, 2.24) is 34.0 Å². The number of aryl methyl sites for hydroxylation is 1. The van der Waals surface area contributed by atoms with Crippen LogP contribution in [0.4, 0.5) is 5.82 Å². The van der Waals surface area contributed by atoms with Crippen LogP contribution in [-0.4, -0.2) is 115 Å². The number of aromatic nitrogens is 6. The molecule has 2 aliphatic heterocycles. The van der Waals surface area contributed by atoms with Crippen LogP contribution in [0.5, 0.6) is 0 Å². The van der Waals surface area contributed by atoms with Crippen LogP contribution in [0, 0.1) is 6.92 Å². The minimum atomic E-state index is -2.43. The lowest BCUT2D eigenvalue weighted by Crippen LogP contribution is -2.33. The molecule has 17 nitrogen and oxygen atoms in total. The van der Waals surface area contributed by atoms with E-state index in [0.717, 1.165) is 0 Å². The Morgan fingerprint density at radius 2 is 1.76 bits per heavy atom. The van der Waals surface area contributed by atoms with Crippen molar-refractivity contribution >= 4 is 34.0 Å². The predicted molar refractivity (Wildman–Crippen MR) is 165 cm³/mol. The van der Waals surface area contributed by atoms with Crippen LogP contribution in [-0.2, 0) is 18.5 Å². The number of aliphatic hydroxyl groups is 2. The maximum Gasteiger partial charge on any atom is 0.330 e. The second-order valence-corrected chi connectivity index (χ2v) is 11.3. The molecular formula is C26H41BN8O9P. The number of nitrogens with two attached hydrogens (primary N) is 1. The molecule has 247 valence electrons. The molecule has 45 heavy (non-hydrogen) atoms. The quantitative estimate of drug-likeness (QED) is 0.134. The number of ether oxygens (including phenoxy) is 2. The van der Waals surface area contributed by atoms with E-state index in [1.807, 2.05) is 0 Å². The largest absolute Gasteiger partial charge is 0.394 e. The van der Waals surface area contributed by atoms with Gasteiger partial charge >= 0.3 is 14.3 Å². The van der Waals surface area contributed by atoms with Gasteiger partial charge in [-0.3, -0.25) is 18.9 Å². The number of H-pyrrole nitrogens is 1. The Kier molecular flexibility index (Phi) is 13.6. The molecule has 2 saturated heterocycles. The Bertz CT molecular complexity index is 1480. The summed E-state index contributed by atoms with van der Waals surface area (Å²) in [6.07, 6.45) is -0.213. The van der Waals surface area contributed by atoms with Crippen molar-refractivity contribution in [2.24, 2.45) is 0 Å². The van der Waals surface area contributed by atoms with E-state index in [1.54, 1.807) is 11.5 Å². The van der Waals surface area contributed by atoms with Crippen molar-refractivity contribution in [3.8, 4) is 0 Å². The monoisotopic (exact) mass is 651 g/mol. The molecule has 19 heteroatoms. The molecule has 3 aromatic heterocycles. The molecule has 7 atom stereocenters. The third-order valence-corrected chi connectivity index (χ3v) is 8.46. The van der Waals surface area contributed by atoms with Gasteiger partial charge in [0.05, 0.1) is 31.7 Å². The van der Waals surface area contributed by atoms with Gasteiger partial charge in [0.15, 0.2) is 11.5 Å². The van der Waals surface area contributed by atoms with Gasteiger partial charge < -0.3 is 44.3 Å². The summed E-state index contributed by atoms with van der Waals surface area (Å²) < 4.78 is 25.5. The molecule has 2 fully saturated rings. The zero-order valence-corrected chi connectivity index (χ0v) is 26.6. The maximum atomic E-state index is 12.1. The molecular weight excluding hydrogens is 610 g/mol. The van der Waals surface area contributed by atoms with Crippen LogP contribution >= 0.6 is 8.60 Å². The summed E-state index contributed by atoms with van der Waals surface area (Å²) in [7, 11) is -2.43. The minimum absolute atomic E-state index is 0. The average Bonchev–Trinajstić information content (AvgIpc) is 3.72. The zero-order chi connectivity index (χ0) is 32.0. The van der Waals surface area contributed by atoms with E-state index in [0.29, 0.717) is 16.7 Å². The Morgan fingerprint density at radius 1 is 1.09 bits per heavy atom. The predicted octanol–water partition coefficient (Wildman–Crippen LogP) is -0.216. The van der Waals surface area contributed by atoms with E-state index >= 15 is 0 Å². The van der Waals surface area contributed by atoms with Gasteiger partial charge in [-0.2, -0.15) is 0 Å². The van der Waals surface area contributed by atoms with E-state index in [1.165, 1.54) is 43.1 Å². The summed E-state index contributed by atoms with van der Waals surface area (Å²) in [5.41, 5.74) is 5.86. The summed E-state index contributed by atoms with van der Waals surface area (Å²) in [6.45, 7) is 11.1. The number of nitrogens with one attached hydrogen (secondary N) is 1. The molecule has 1 unspecified atom stereocenters. The Labute approximate surface area is 262 Å². The van der Waals surface area contributed by atoms with Crippen molar-refractivity contribution in [2.75, 3.05) is 38.6 Å². The van der Waals surface area contributed by atoms with Gasteiger partial charge in [-0.1, -0.05) is 20.8 Å². The number of nitrogens with zero attached hydrogens (tertiary/aromatic N) is 6. The highest BCUT2D eigenvalue weighted by molar-refractivity contribution is 7.40. The number of fused-ring (bicyclic) bond motifs is 1. The van der Waals surface area contributed by atoms with Crippen LogP contribution in [0.25, 0.3) is 11.2 Å². The number of aliphatic hydroxyl groups excluding tert-OH is 2. The Morgan fingerprint density at radius 3 is 2.40 bits per heavy atom. The molecule has 0 aliphatic carbocycles. The molecule has 2 aliphatic rings. The Balaban J connectivity index is 0.000000621. The molecule has 5 heterocycles. The standard InChI is InChI=1S/C20H26N7O9P.C6H15N.B/c1-9-4-26(20(31)25-19(9)30)14-2-10(29)13(35-14)6-33-37(32)36-11-3-15(34-12(11)5-28)27-8-24-16-17(21)22-7-23-18(16)27;1-4-7(5-2)6-3;/h4,7-8,10-15,28-29,32H,2-3,5-6H2,1H3,(H2,21,22,23)(H,25,30,31);4-6H2,1-3H3;/t10-,11-,12+,13+,14+,15+,37?;;/m0../s1. The fourth-order valence-corrected chi connectivity index (χ4v) is 5.81. The van der Waals surface area contributed by atoms with Crippen molar-refractivity contribution in [1.29, 1.82) is 0 Å². The van der Waals surface area contributed by atoms with Crippen LogP contribution in [0.2, 0.25) is 0 Å². The summed E-state index contributed by atoms with van der Waals surface area (Å²) in [4.78, 5) is 51.0. The van der Waals surface area contributed by atoms with E-state index < -0.39 is 56.7 Å². The number of hydrogen-bond donors (Lipinski definition) is 5. The van der Waals surface area contributed by atoms with Crippen LogP contribution < -0.4 is 17.0 Å². The van der Waals surface area contributed by atoms with Gasteiger partial charge in [0.25, 0.3) is 5.56 Å². The summed E-state index contributed by atoms with van der Waals surface area (Å²) in [6, 6.07) is 0. The van der Waals surface area contributed by atoms with E-state index in [4.69, 9.17) is 24.3 Å². The highest BCUT2D eigenvalue weighted by Gasteiger charge is 2.40. The number of imidazole rings is 1. The molecule has 0 bridgehead atoms. The number of aromatic amines is 1. The van der Waals surface area contributed by atoms with Crippen molar-refractivity contribution < 1.29 is 33.6 Å². The normalized spacial score (nSPS) is 25.2. The lowest BCUT2D eigenvalue weighted by atomic mass is 10.2. The lowest BCUT2D eigenvalue weighted by molar-refractivity contribution is -0.0517. The van der Waals surface area contributed by atoms with Crippen LogP contribution in [0.1, 0.15) is 51.6 Å². The Hall–Kier alpha value is -2.80. The summed E-state index contributed by atoms with van der Waals surface area (Å²) in [5, 5.41) is 20.1. The van der Waals surface area contributed by atoms with Crippen LogP contribution in [0.15, 0.2) is 28.4 Å². The molecule has 0 spiro atoms. The average molecular weight is 651 g/mol. The summed E-state index contributed by atoms with van der Waals surface area (Å²) >= 11 is 0.